The molecule has 4 aliphatic heterocycles. The van der Waals surface area contributed by atoms with Gasteiger partial charge < -0.3 is 58.7 Å². The highest BCUT2D eigenvalue weighted by atomic mass is 19.2. The van der Waals surface area contributed by atoms with E-state index in [0.717, 1.165) is 35.4 Å². The number of nitrogens with zero attached hydrogens (tertiary/aromatic N) is 4. The smallest absolute Gasteiger partial charge is 0.410 e. The van der Waals surface area contributed by atoms with E-state index >= 15 is 0 Å². The number of carbonyl (C=O) groups is 6. The molecule has 4 saturated heterocycles. The summed E-state index contributed by atoms with van der Waals surface area (Å²) >= 11 is 0. The van der Waals surface area contributed by atoms with Crippen LogP contribution in [0.4, 0.5) is 27.2 Å². The van der Waals surface area contributed by atoms with E-state index in [2.05, 4.69) is 34.3 Å². The number of fused-ring (bicyclic) bond motifs is 2. The molecule has 4 aliphatic rings. The van der Waals surface area contributed by atoms with E-state index in [1.807, 2.05) is 67.6 Å². The van der Waals surface area contributed by atoms with Gasteiger partial charge in [-0.25, -0.2) is 27.2 Å². The molecule has 0 bridgehead atoms. The summed E-state index contributed by atoms with van der Waals surface area (Å²) in [5.41, 5.74) is 1.57. The van der Waals surface area contributed by atoms with Crippen LogP contribution in [0.1, 0.15) is 71.4 Å². The Labute approximate surface area is 510 Å². The molecule has 0 aromatic heterocycles. The summed E-state index contributed by atoms with van der Waals surface area (Å²) in [5, 5.41) is 5.84. The molecule has 470 valence electrons. The maximum Gasteiger partial charge on any atom is 0.410 e. The van der Waals surface area contributed by atoms with E-state index in [4.69, 9.17) is 28.4 Å². The molecular weight excluding hydrogens is 1140 g/mol. The number of halogens is 4. The standard InChI is InChI=1S/C66H76F4N6O12/c1-7-41(2)62(78)72-59(64(80)74-29-27-57-61(74)48(40-86-50-23-25-53(68)55(70)33-50)36-76(57)66(82)88-38-46-20-14-11-15-21-46)44(5)84-31-17-9-8-16-30-83-43(4)51(34-58(77)42(3)71-6)63(79)73-28-26-56-60(73)47(39-85-49-22-24-52(67)54(69)32-49)35-75(56)65(81)87-37-45-18-12-10-13-19-45/h10-15,18-25,32-33,41-44,47-48,51,56-57,59-61,71H,7,26-31,34-40H2,1-6H3,(H,72,78)/t41-,42+,43-,44-,47-,48-,51+,56-,57-,59+,60-,61-/m1/s1. The van der Waals surface area contributed by atoms with E-state index in [0.29, 0.717) is 19.3 Å². The van der Waals surface area contributed by atoms with Crippen molar-refractivity contribution in [2.45, 2.75) is 122 Å². The predicted molar refractivity (Wildman–Crippen MR) is 315 cm³/mol. The Bertz CT molecular complexity index is 3000. The quantitative estimate of drug-likeness (QED) is 0.0485. The fraction of sp³-hybridized carbons (Fsp3) is 0.485. The van der Waals surface area contributed by atoms with Gasteiger partial charge in [-0.1, -0.05) is 86.4 Å². The summed E-state index contributed by atoms with van der Waals surface area (Å²) in [4.78, 5) is 90.7. The fourth-order valence-corrected chi connectivity index (χ4v) is 11.8. The van der Waals surface area contributed by atoms with Gasteiger partial charge in [0.15, 0.2) is 23.3 Å². The molecule has 4 aromatic carbocycles. The molecule has 22 heteroatoms. The van der Waals surface area contributed by atoms with E-state index in [9.17, 15) is 46.3 Å². The molecule has 5 amide bonds. The molecule has 4 fully saturated rings. The number of hydrogen-bond acceptors (Lipinski definition) is 13. The second-order valence-electron chi connectivity index (χ2n) is 22.7. The Kier molecular flexibility index (Phi) is 23.3. The third kappa shape index (κ3) is 16.5. The molecular formula is C66H76F4N6O12. The van der Waals surface area contributed by atoms with E-state index in [1.165, 1.54) is 12.1 Å². The molecule has 0 radical (unpaired) electrons. The number of likely N-dealkylation sites (N-methyl/N-ethyl adjacent to an activating group) is 1. The summed E-state index contributed by atoms with van der Waals surface area (Å²) in [6.45, 7) is 8.82. The fourth-order valence-electron chi connectivity index (χ4n) is 11.8. The molecule has 0 spiro atoms. The van der Waals surface area contributed by atoms with Crippen LogP contribution < -0.4 is 20.1 Å². The lowest BCUT2D eigenvalue weighted by Gasteiger charge is -2.34. The number of carbonyl (C=O) groups excluding carboxylic acids is 6. The van der Waals surface area contributed by atoms with Gasteiger partial charge in [-0.05, 0) is 94.3 Å². The van der Waals surface area contributed by atoms with E-state index in [-0.39, 0.29) is 101 Å². The third-order valence-electron chi connectivity index (χ3n) is 17.0. The van der Waals surface area contributed by atoms with Gasteiger partial charge in [-0.2, -0.15) is 0 Å². The average molecular weight is 1220 g/mol. The SMILES string of the molecule is CC[C@@H](C)C(=O)N[C@H](C(=O)N1CC[C@@H]2[C@H]1[C@@H](COc1ccc(F)c(F)c1)CN2C(=O)OCc1ccccc1)[C@@H](C)OCC#CC#CCO[C@H](C)[C@H](CC(=O)[C@H](C)NC)C(=O)N1CC[C@@H]2[C@H]1[C@@H](COc1ccc(F)c(F)c1)CN2C(=O)OCc1ccccc1. The molecule has 0 aliphatic carbocycles. The monoisotopic (exact) mass is 1220 g/mol. The summed E-state index contributed by atoms with van der Waals surface area (Å²) in [7, 11) is 1.64. The second-order valence-corrected chi connectivity index (χ2v) is 22.7. The molecule has 0 unspecified atom stereocenters. The van der Waals surface area contributed by atoms with Crippen LogP contribution in [-0.4, -0.2) is 163 Å². The summed E-state index contributed by atoms with van der Waals surface area (Å²) in [5.74, 6) is 3.07. The zero-order chi connectivity index (χ0) is 63.0. The highest BCUT2D eigenvalue weighted by Gasteiger charge is 2.55. The van der Waals surface area contributed by atoms with Crippen molar-refractivity contribution < 1.29 is 74.8 Å². The minimum atomic E-state index is -1.19. The number of rotatable bonds is 25. The van der Waals surface area contributed by atoms with Crippen LogP contribution in [0.15, 0.2) is 97.1 Å². The van der Waals surface area contributed by atoms with Crippen molar-refractivity contribution >= 4 is 35.7 Å². The molecule has 0 saturated carbocycles. The number of likely N-dealkylation sites (tertiary alicyclic amines) is 4. The van der Waals surface area contributed by atoms with Gasteiger partial charge in [0, 0.05) is 62.5 Å². The molecule has 88 heavy (non-hydrogen) atoms. The normalized spacial score (nSPS) is 21.2. The summed E-state index contributed by atoms with van der Waals surface area (Å²) in [6.07, 6.45) is -1.85. The number of nitrogens with one attached hydrogen (secondary N) is 2. The Morgan fingerprint density at radius 1 is 0.602 bits per heavy atom. The van der Waals surface area contributed by atoms with Gasteiger partial charge in [0.05, 0.1) is 61.5 Å². The van der Waals surface area contributed by atoms with Crippen molar-refractivity contribution in [2.75, 3.05) is 59.7 Å². The predicted octanol–water partition coefficient (Wildman–Crippen LogP) is 7.71. The topological polar surface area (TPSA) is 195 Å². The van der Waals surface area contributed by atoms with Crippen LogP contribution in [0.2, 0.25) is 0 Å². The van der Waals surface area contributed by atoms with E-state index < -0.39 is 113 Å². The molecule has 8 rings (SSSR count). The first-order valence-electron chi connectivity index (χ1n) is 29.8. The van der Waals surface area contributed by atoms with Gasteiger partial charge in [0.25, 0.3) is 0 Å². The summed E-state index contributed by atoms with van der Waals surface area (Å²) in [6, 6.07) is 20.7. The summed E-state index contributed by atoms with van der Waals surface area (Å²) < 4.78 is 91.8. The second kappa shape index (κ2) is 31.1. The van der Waals surface area contributed by atoms with Gasteiger partial charge in [-0.15, -0.1) is 0 Å². The van der Waals surface area contributed by atoms with Gasteiger partial charge in [0.1, 0.15) is 49.8 Å². The number of ketones is 1. The Morgan fingerprint density at radius 3 is 1.52 bits per heavy atom. The van der Waals surface area contributed by atoms with Crippen molar-refractivity contribution in [3.8, 4) is 35.2 Å². The largest absolute Gasteiger partial charge is 0.493 e. The molecule has 18 nitrogen and oxygen atoms in total. The zero-order valence-corrected chi connectivity index (χ0v) is 50.3. The third-order valence-corrected chi connectivity index (χ3v) is 17.0. The molecule has 4 aromatic rings. The number of ether oxygens (including phenoxy) is 6. The Hall–Kier alpha value is -8.18. The van der Waals surface area contributed by atoms with Crippen molar-refractivity contribution in [1.82, 2.24) is 30.2 Å². The van der Waals surface area contributed by atoms with Crippen LogP contribution in [0.3, 0.4) is 0 Å². The van der Waals surface area contributed by atoms with Crippen LogP contribution >= 0.6 is 0 Å². The minimum Gasteiger partial charge on any atom is -0.493 e. The lowest BCUT2D eigenvalue weighted by Crippen LogP contribution is -2.57. The van der Waals surface area contributed by atoms with Gasteiger partial charge >= 0.3 is 12.2 Å². The van der Waals surface area contributed by atoms with Crippen molar-refractivity contribution in [3.63, 3.8) is 0 Å². The number of hydrogen-bond donors (Lipinski definition) is 2. The van der Waals surface area contributed by atoms with Crippen LogP contribution in [-0.2, 0) is 51.3 Å². The van der Waals surface area contributed by atoms with Crippen molar-refractivity contribution in [3.05, 3.63) is 131 Å². The first-order chi connectivity index (χ1) is 42.4. The Morgan fingerprint density at radius 2 is 1.07 bits per heavy atom. The highest BCUT2D eigenvalue weighted by Crippen LogP contribution is 2.40. The van der Waals surface area contributed by atoms with Crippen LogP contribution in [0.25, 0.3) is 0 Å². The maximum absolute atomic E-state index is 14.9. The number of amides is 5. The zero-order valence-electron chi connectivity index (χ0n) is 50.3. The molecule has 12 atom stereocenters. The lowest BCUT2D eigenvalue weighted by molar-refractivity contribution is -0.145. The van der Waals surface area contributed by atoms with Gasteiger partial charge in [-0.3, -0.25) is 19.2 Å². The maximum atomic E-state index is 14.9. The van der Waals surface area contributed by atoms with Crippen molar-refractivity contribution in [2.24, 2.45) is 23.7 Å². The van der Waals surface area contributed by atoms with Crippen LogP contribution in [0.5, 0.6) is 11.5 Å². The van der Waals surface area contributed by atoms with Crippen LogP contribution in [0, 0.1) is 70.6 Å². The number of Topliss-reactive ketones (excluding diaryl/α,β-unsaturated/α-hetero) is 1. The average Bonchev–Trinajstić information content (AvgIpc) is 3.01. The first-order valence-corrected chi connectivity index (χ1v) is 29.8. The Balaban J connectivity index is 0.918. The minimum absolute atomic E-state index is 0.0168. The highest BCUT2D eigenvalue weighted by molar-refractivity contribution is 5.91. The molecule has 2 N–H and O–H groups in total. The van der Waals surface area contributed by atoms with Crippen molar-refractivity contribution in [1.29, 1.82) is 0 Å². The van der Waals surface area contributed by atoms with Gasteiger partial charge in [0.2, 0.25) is 17.7 Å². The first kappa shape index (κ1) is 65.8. The lowest BCUT2D eigenvalue weighted by atomic mass is 9.91. The number of benzene rings is 4. The van der Waals surface area contributed by atoms with E-state index in [1.54, 1.807) is 54.3 Å². The molecule has 4 heterocycles.